The Hall–Kier alpha value is -3.69. The van der Waals surface area contributed by atoms with Crippen LogP contribution >= 0.6 is 11.3 Å². The molecule has 1 aliphatic heterocycles. The van der Waals surface area contributed by atoms with E-state index in [2.05, 4.69) is 0 Å². The maximum Gasteiger partial charge on any atom is 0.264 e. The van der Waals surface area contributed by atoms with Crippen molar-refractivity contribution in [3.05, 3.63) is 82.0 Å². The first-order valence-corrected chi connectivity index (χ1v) is 12.4. The molecule has 188 valence electrons. The Morgan fingerprint density at radius 2 is 1.67 bits per heavy atom. The van der Waals surface area contributed by atoms with Gasteiger partial charge in [0.2, 0.25) is 0 Å². The summed E-state index contributed by atoms with van der Waals surface area (Å²) in [4.78, 5) is 28.8. The third-order valence-corrected chi connectivity index (χ3v) is 6.86. The lowest BCUT2D eigenvalue weighted by Gasteiger charge is -2.26. The Morgan fingerprint density at radius 3 is 2.25 bits per heavy atom. The monoisotopic (exact) mass is 507 g/mol. The van der Waals surface area contributed by atoms with E-state index in [-0.39, 0.29) is 24.4 Å². The maximum absolute atomic E-state index is 13.6. The number of benzene rings is 2. The molecule has 2 aromatic carbocycles. The molecule has 0 saturated heterocycles. The van der Waals surface area contributed by atoms with Crippen LogP contribution in [-0.4, -0.2) is 68.5 Å². The lowest BCUT2D eigenvalue weighted by atomic mass is 9.98. The fourth-order valence-electron chi connectivity index (χ4n) is 4.03. The minimum Gasteiger partial charge on any atom is -0.497 e. The van der Waals surface area contributed by atoms with Crippen molar-refractivity contribution in [1.82, 2.24) is 9.91 Å². The molecular weight excluding hydrogens is 478 g/mol. The van der Waals surface area contributed by atoms with Gasteiger partial charge in [-0.15, -0.1) is 11.3 Å². The van der Waals surface area contributed by atoms with Gasteiger partial charge in [0, 0.05) is 20.1 Å². The Balaban J connectivity index is 1.62. The van der Waals surface area contributed by atoms with Gasteiger partial charge in [-0.3, -0.25) is 9.59 Å². The van der Waals surface area contributed by atoms with Crippen molar-refractivity contribution in [3.63, 3.8) is 0 Å². The summed E-state index contributed by atoms with van der Waals surface area (Å²) < 4.78 is 15.8. The first kappa shape index (κ1) is 25.4. The second kappa shape index (κ2) is 11.8. The Morgan fingerprint density at radius 1 is 1.00 bits per heavy atom. The summed E-state index contributed by atoms with van der Waals surface area (Å²) in [5.41, 5.74) is 2.64. The molecule has 0 fully saturated rings. The van der Waals surface area contributed by atoms with E-state index in [0.717, 1.165) is 28.3 Å². The molecule has 0 N–H and O–H groups in total. The fraction of sp³-hybridized carbons (Fsp3) is 0.296. The number of hydrazone groups is 1. The van der Waals surface area contributed by atoms with Gasteiger partial charge in [0.05, 0.1) is 37.5 Å². The molecule has 1 aliphatic rings. The number of thiophene rings is 1. The van der Waals surface area contributed by atoms with Crippen LogP contribution in [0.2, 0.25) is 0 Å². The molecule has 36 heavy (non-hydrogen) atoms. The number of methoxy groups -OCH3 is 3. The van der Waals surface area contributed by atoms with E-state index >= 15 is 0 Å². The predicted octanol–water partition coefficient (Wildman–Crippen LogP) is 4.23. The van der Waals surface area contributed by atoms with Crippen LogP contribution in [0.5, 0.6) is 11.5 Å². The number of nitrogens with zero attached hydrogens (tertiary/aromatic N) is 3. The number of ether oxygens (including phenoxy) is 3. The van der Waals surface area contributed by atoms with Gasteiger partial charge >= 0.3 is 0 Å². The van der Waals surface area contributed by atoms with Gasteiger partial charge < -0.3 is 19.1 Å². The molecule has 4 rings (SSSR count). The van der Waals surface area contributed by atoms with Gasteiger partial charge in [0.15, 0.2) is 0 Å². The Kier molecular flexibility index (Phi) is 8.35. The highest BCUT2D eigenvalue weighted by atomic mass is 32.1. The summed E-state index contributed by atoms with van der Waals surface area (Å²) in [6.07, 6.45) is 0.543. The van der Waals surface area contributed by atoms with E-state index in [1.54, 1.807) is 27.4 Å². The van der Waals surface area contributed by atoms with Gasteiger partial charge in [-0.1, -0.05) is 18.2 Å². The van der Waals surface area contributed by atoms with E-state index in [9.17, 15) is 9.59 Å². The predicted molar refractivity (Wildman–Crippen MR) is 139 cm³/mol. The summed E-state index contributed by atoms with van der Waals surface area (Å²) >= 11 is 1.35. The minimum absolute atomic E-state index is 0.105. The van der Waals surface area contributed by atoms with Crippen LogP contribution in [0, 0.1) is 0 Å². The SMILES string of the molecule is COCCN(CC(=O)N1N=C(c2ccc(OC)cc2)C[C@@H]1c1ccc(OC)cc1)C(=O)c1cccs1. The maximum atomic E-state index is 13.6. The number of hydrogen-bond acceptors (Lipinski definition) is 7. The fourth-order valence-corrected chi connectivity index (χ4v) is 4.72. The summed E-state index contributed by atoms with van der Waals surface area (Å²) in [7, 11) is 4.81. The van der Waals surface area contributed by atoms with Gasteiger partial charge in [-0.25, -0.2) is 5.01 Å². The third-order valence-electron chi connectivity index (χ3n) is 6.00. The highest BCUT2D eigenvalue weighted by molar-refractivity contribution is 7.12. The van der Waals surface area contributed by atoms with Crippen molar-refractivity contribution in [2.75, 3.05) is 41.0 Å². The molecule has 0 unspecified atom stereocenters. The molecule has 0 aliphatic carbocycles. The van der Waals surface area contributed by atoms with Crippen LogP contribution in [0.15, 0.2) is 71.1 Å². The molecule has 0 bridgehead atoms. The van der Waals surface area contributed by atoms with Crippen LogP contribution in [0.25, 0.3) is 0 Å². The minimum atomic E-state index is -0.304. The van der Waals surface area contributed by atoms with Gasteiger partial charge in [0.25, 0.3) is 11.8 Å². The summed E-state index contributed by atoms with van der Waals surface area (Å²) in [5.74, 6) is 1.02. The number of amides is 2. The van der Waals surface area contributed by atoms with E-state index in [1.807, 2.05) is 60.0 Å². The van der Waals surface area contributed by atoms with Crippen LogP contribution < -0.4 is 9.47 Å². The van der Waals surface area contributed by atoms with Crippen molar-refractivity contribution in [2.45, 2.75) is 12.5 Å². The molecule has 8 nitrogen and oxygen atoms in total. The van der Waals surface area contributed by atoms with Crippen LogP contribution in [0.3, 0.4) is 0 Å². The zero-order valence-electron chi connectivity index (χ0n) is 20.5. The average Bonchev–Trinajstić information content (AvgIpc) is 3.62. The zero-order chi connectivity index (χ0) is 25.5. The molecule has 2 heterocycles. The normalized spacial score (nSPS) is 14.9. The molecular formula is C27H29N3O5S. The van der Waals surface area contributed by atoms with Crippen molar-refractivity contribution in [3.8, 4) is 11.5 Å². The van der Waals surface area contributed by atoms with Crippen LogP contribution in [0.1, 0.15) is 33.3 Å². The average molecular weight is 508 g/mol. The number of rotatable bonds is 10. The van der Waals surface area contributed by atoms with Crippen LogP contribution in [-0.2, 0) is 9.53 Å². The number of carbonyl (C=O) groups excluding carboxylic acids is 2. The summed E-state index contributed by atoms with van der Waals surface area (Å²) in [6.45, 7) is 0.522. The number of carbonyl (C=O) groups is 2. The largest absolute Gasteiger partial charge is 0.497 e. The standard InChI is InChI=1S/C27H29N3O5S/c1-33-15-14-29(27(32)25-5-4-16-36-25)18-26(31)30-24(20-8-12-22(35-3)13-9-20)17-23(28-30)19-6-10-21(34-2)11-7-19/h4-13,16,24H,14-15,17-18H2,1-3H3/t24-/m1/s1. The first-order chi connectivity index (χ1) is 17.5. The Bertz CT molecular complexity index is 1190. The van der Waals surface area contributed by atoms with Gasteiger partial charge in [-0.2, -0.15) is 5.10 Å². The lowest BCUT2D eigenvalue weighted by Crippen LogP contribution is -2.42. The van der Waals surface area contributed by atoms with Gasteiger partial charge in [-0.05, 0) is 59.0 Å². The third kappa shape index (κ3) is 5.75. The molecule has 2 amide bonds. The first-order valence-electron chi connectivity index (χ1n) is 11.5. The Labute approximate surface area is 214 Å². The van der Waals surface area contributed by atoms with Gasteiger partial charge in [0.1, 0.15) is 18.0 Å². The quantitative estimate of drug-likeness (QED) is 0.410. The van der Waals surface area contributed by atoms with E-state index < -0.39 is 0 Å². The summed E-state index contributed by atoms with van der Waals surface area (Å²) in [5, 5.41) is 8.08. The second-order valence-corrected chi connectivity index (χ2v) is 9.15. The van der Waals surface area contributed by atoms with Crippen molar-refractivity contribution < 1.29 is 23.8 Å². The smallest absolute Gasteiger partial charge is 0.264 e. The van der Waals surface area contributed by atoms with Crippen molar-refractivity contribution >= 4 is 28.9 Å². The molecule has 9 heteroatoms. The van der Waals surface area contributed by atoms with Crippen molar-refractivity contribution in [1.29, 1.82) is 0 Å². The zero-order valence-corrected chi connectivity index (χ0v) is 21.4. The highest BCUT2D eigenvalue weighted by Crippen LogP contribution is 2.34. The highest BCUT2D eigenvalue weighted by Gasteiger charge is 2.34. The molecule has 0 spiro atoms. The van der Waals surface area contributed by atoms with E-state index in [0.29, 0.717) is 24.4 Å². The molecule has 3 aromatic rings. The topological polar surface area (TPSA) is 80.7 Å². The number of hydrogen-bond donors (Lipinski definition) is 0. The summed E-state index contributed by atoms with van der Waals surface area (Å²) in [6, 6.07) is 18.5. The van der Waals surface area contributed by atoms with Crippen molar-refractivity contribution in [2.24, 2.45) is 5.10 Å². The van der Waals surface area contributed by atoms with Crippen LogP contribution in [0.4, 0.5) is 0 Å². The molecule has 1 aromatic heterocycles. The molecule has 0 saturated carbocycles. The molecule has 1 atom stereocenters. The molecule has 0 radical (unpaired) electrons. The lowest BCUT2D eigenvalue weighted by molar-refractivity contribution is -0.133. The second-order valence-electron chi connectivity index (χ2n) is 8.20. The van der Waals surface area contributed by atoms with E-state index in [1.165, 1.54) is 21.2 Å². The van der Waals surface area contributed by atoms with E-state index in [4.69, 9.17) is 19.3 Å².